The zero-order valence-corrected chi connectivity index (χ0v) is 12.8. The Labute approximate surface area is 135 Å². The van der Waals surface area contributed by atoms with E-state index in [4.69, 9.17) is 9.47 Å². The summed E-state index contributed by atoms with van der Waals surface area (Å²) >= 11 is 0. The van der Waals surface area contributed by atoms with Crippen molar-refractivity contribution in [1.82, 2.24) is 4.57 Å². The zero-order chi connectivity index (χ0) is 17.4. The summed E-state index contributed by atoms with van der Waals surface area (Å²) in [6.07, 6.45) is 1.78. The summed E-state index contributed by atoms with van der Waals surface area (Å²) in [7, 11) is 0. The minimum atomic E-state index is -1.25. The molecule has 1 aromatic carbocycles. The minimum absolute atomic E-state index is 0.0104. The van der Waals surface area contributed by atoms with Gasteiger partial charge in [0.05, 0.1) is 30.2 Å². The van der Waals surface area contributed by atoms with Crippen LogP contribution in [-0.2, 0) is 4.74 Å². The average Bonchev–Trinajstić information content (AvgIpc) is 2.59. The van der Waals surface area contributed by atoms with E-state index in [1.807, 2.05) is 0 Å². The zero-order valence-electron chi connectivity index (χ0n) is 12.8. The third kappa shape index (κ3) is 2.43. The number of halogens is 2. The number of aliphatic hydroxyl groups is 1. The number of benzene rings is 1. The molecule has 0 unspecified atom stereocenters. The molecule has 0 saturated heterocycles. The lowest BCUT2D eigenvalue weighted by atomic mass is 10.1. The Balaban J connectivity index is 2.32. The van der Waals surface area contributed by atoms with Crippen molar-refractivity contribution in [2.75, 3.05) is 19.8 Å². The normalized spacial score (nSPS) is 16.1. The smallest absolute Gasteiger partial charge is 0.343 e. The van der Waals surface area contributed by atoms with E-state index in [2.05, 4.69) is 0 Å². The van der Waals surface area contributed by atoms with Crippen LogP contribution in [0.4, 0.5) is 8.78 Å². The van der Waals surface area contributed by atoms with Crippen molar-refractivity contribution in [3.63, 3.8) is 0 Å². The van der Waals surface area contributed by atoms with Crippen LogP contribution in [0.3, 0.4) is 0 Å². The number of aliphatic hydroxyl groups excluding tert-OH is 1. The quantitative estimate of drug-likeness (QED) is 0.859. The highest BCUT2D eigenvalue weighted by Gasteiger charge is 2.29. The summed E-state index contributed by atoms with van der Waals surface area (Å²) in [6, 6.07) is 0.0929. The third-order valence-electron chi connectivity index (χ3n) is 3.85. The van der Waals surface area contributed by atoms with Gasteiger partial charge in [-0.1, -0.05) is 6.92 Å². The van der Waals surface area contributed by atoms with Gasteiger partial charge < -0.3 is 19.1 Å². The number of rotatable bonds is 4. The summed E-state index contributed by atoms with van der Waals surface area (Å²) in [6.45, 7) is 1.45. The Hall–Kier alpha value is -2.48. The molecule has 0 saturated carbocycles. The predicted octanol–water partition coefficient (Wildman–Crippen LogP) is 1.77. The van der Waals surface area contributed by atoms with Gasteiger partial charge in [0, 0.05) is 6.20 Å². The monoisotopic (exact) mass is 339 g/mol. The summed E-state index contributed by atoms with van der Waals surface area (Å²) in [5.74, 6) is -3.71. The molecule has 1 aromatic heterocycles. The van der Waals surface area contributed by atoms with Gasteiger partial charge in [-0.15, -0.1) is 0 Å². The Morgan fingerprint density at radius 2 is 2.25 bits per heavy atom. The maximum absolute atomic E-state index is 14.0. The maximum atomic E-state index is 14.0. The van der Waals surface area contributed by atoms with Gasteiger partial charge in [-0.3, -0.25) is 4.79 Å². The van der Waals surface area contributed by atoms with E-state index >= 15 is 0 Å². The van der Waals surface area contributed by atoms with E-state index in [-0.39, 0.29) is 36.3 Å². The second-order valence-electron chi connectivity index (χ2n) is 5.46. The topological polar surface area (TPSA) is 77.8 Å². The lowest BCUT2D eigenvalue weighted by Crippen LogP contribution is -2.30. The van der Waals surface area contributed by atoms with Crippen LogP contribution in [0.25, 0.3) is 10.9 Å². The second-order valence-corrected chi connectivity index (χ2v) is 5.46. The molecular weight excluding hydrogens is 324 g/mol. The number of aromatic nitrogens is 1. The van der Waals surface area contributed by atoms with E-state index in [9.17, 15) is 23.5 Å². The summed E-state index contributed by atoms with van der Waals surface area (Å²) in [5, 5.41) is 9.27. The van der Waals surface area contributed by atoms with Crippen LogP contribution in [0.15, 0.2) is 17.1 Å². The number of hydrogen-bond acceptors (Lipinski definition) is 5. The van der Waals surface area contributed by atoms with Crippen LogP contribution < -0.4 is 10.2 Å². The first-order valence-corrected chi connectivity index (χ1v) is 7.47. The van der Waals surface area contributed by atoms with E-state index in [0.717, 1.165) is 6.07 Å². The number of hydrogen-bond donors (Lipinski definition) is 1. The van der Waals surface area contributed by atoms with Crippen molar-refractivity contribution in [3.8, 4) is 5.75 Å². The number of esters is 1. The molecule has 2 heterocycles. The lowest BCUT2D eigenvalue weighted by Gasteiger charge is -2.28. The highest BCUT2D eigenvalue weighted by Crippen LogP contribution is 2.35. The minimum Gasteiger partial charge on any atom is -0.486 e. The molecule has 1 atom stereocenters. The van der Waals surface area contributed by atoms with E-state index in [1.54, 1.807) is 6.92 Å². The van der Waals surface area contributed by atoms with Gasteiger partial charge in [0.2, 0.25) is 11.2 Å². The van der Waals surface area contributed by atoms with Gasteiger partial charge in [0.1, 0.15) is 12.2 Å². The standard InChI is InChI=1S/C16H15F2NO5/c1-2-3-23-16(22)10-5-19-8(6-20)7-24-15-12(18)11(17)4-9(13(15)19)14(10)21/h4-5,8,20H,2-3,6-7H2,1H3/t8-/m0/s1. The molecule has 1 aliphatic rings. The number of nitrogens with zero attached hydrogens (tertiary/aromatic N) is 1. The summed E-state index contributed by atoms with van der Waals surface area (Å²) in [5.41, 5.74) is -1.06. The number of pyridine rings is 1. The van der Waals surface area contributed by atoms with E-state index in [1.165, 1.54) is 10.8 Å². The molecule has 0 radical (unpaired) electrons. The van der Waals surface area contributed by atoms with Crippen LogP contribution >= 0.6 is 0 Å². The first-order valence-electron chi connectivity index (χ1n) is 7.47. The fourth-order valence-electron chi connectivity index (χ4n) is 2.67. The highest BCUT2D eigenvalue weighted by molar-refractivity contribution is 5.95. The molecule has 2 aromatic rings. The van der Waals surface area contributed by atoms with Gasteiger partial charge in [0.25, 0.3) is 0 Å². The van der Waals surface area contributed by atoms with E-state index < -0.39 is 34.8 Å². The molecule has 0 fully saturated rings. The van der Waals surface area contributed by atoms with Gasteiger partial charge in [-0.2, -0.15) is 4.39 Å². The van der Waals surface area contributed by atoms with Crippen molar-refractivity contribution in [1.29, 1.82) is 0 Å². The SMILES string of the molecule is CCCOC(=O)c1cn2c3c(c(F)c(F)cc3c1=O)OC[C@@H]2CO. The Morgan fingerprint density at radius 1 is 1.50 bits per heavy atom. The largest absolute Gasteiger partial charge is 0.486 e. The Morgan fingerprint density at radius 3 is 2.92 bits per heavy atom. The molecule has 128 valence electrons. The summed E-state index contributed by atoms with van der Waals surface area (Å²) < 4.78 is 39.2. The predicted molar refractivity (Wildman–Crippen MR) is 80.3 cm³/mol. The molecule has 6 nitrogen and oxygen atoms in total. The van der Waals surface area contributed by atoms with Crippen LogP contribution in [0.2, 0.25) is 0 Å². The van der Waals surface area contributed by atoms with Crippen LogP contribution in [0.5, 0.6) is 5.75 Å². The van der Waals surface area contributed by atoms with Crippen molar-refractivity contribution in [3.05, 3.63) is 39.7 Å². The van der Waals surface area contributed by atoms with Crippen LogP contribution in [0.1, 0.15) is 29.7 Å². The van der Waals surface area contributed by atoms with Gasteiger partial charge in [-0.25, -0.2) is 9.18 Å². The average molecular weight is 339 g/mol. The maximum Gasteiger partial charge on any atom is 0.343 e. The Bertz CT molecular complexity index is 877. The van der Waals surface area contributed by atoms with Crippen molar-refractivity contribution < 1.29 is 28.2 Å². The summed E-state index contributed by atoms with van der Waals surface area (Å²) in [4.78, 5) is 24.6. The van der Waals surface area contributed by atoms with Crippen LogP contribution in [-0.4, -0.2) is 35.5 Å². The molecular formula is C16H15F2NO5. The molecule has 0 amide bonds. The number of carbonyl (C=O) groups is 1. The first-order chi connectivity index (χ1) is 11.5. The van der Waals surface area contributed by atoms with E-state index in [0.29, 0.717) is 6.42 Å². The molecule has 3 rings (SSSR count). The van der Waals surface area contributed by atoms with Gasteiger partial charge in [-0.05, 0) is 12.5 Å². The molecule has 8 heteroatoms. The van der Waals surface area contributed by atoms with Gasteiger partial charge >= 0.3 is 5.97 Å². The molecule has 0 bridgehead atoms. The number of ether oxygens (including phenoxy) is 2. The van der Waals surface area contributed by atoms with Crippen molar-refractivity contribution in [2.45, 2.75) is 19.4 Å². The molecule has 1 aliphatic heterocycles. The number of carbonyl (C=O) groups excluding carboxylic acids is 1. The Kier molecular flexibility index (Phi) is 4.23. The molecule has 24 heavy (non-hydrogen) atoms. The van der Waals surface area contributed by atoms with Crippen LogP contribution in [0, 0.1) is 11.6 Å². The molecule has 1 N–H and O–H groups in total. The highest BCUT2D eigenvalue weighted by atomic mass is 19.2. The van der Waals surface area contributed by atoms with Gasteiger partial charge in [0.15, 0.2) is 11.6 Å². The molecule has 0 aliphatic carbocycles. The fourth-order valence-corrected chi connectivity index (χ4v) is 2.67. The van der Waals surface area contributed by atoms with Crippen molar-refractivity contribution >= 4 is 16.9 Å². The fraction of sp³-hybridized carbons (Fsp3) is 0.375. The molecule has 0 spiro atoms. The van der Waals surface area contributed by atoms with Crippen molar-refractivity contribution in [2.24, 2.45) is 0 Å². The second kappa shape index (κ2) is 6.20. The third-order valence-corrected chi connectivity index (χ3v) is 3.85. The lowest BCUT2D eigenvalue weighted by molar-refractivity contribution is 0.0501. The first kappa shape index (κ1) is 16.4.